The van der Waals surface area contributed by atoms with Gasteiger partial charge in [-0.15, -0.1) is 0 Å². The molecular formula is C7H11N3O. The fraction of sp³-hybridized carbons (Fsp3) is 0.714. The first-order chi connectivity index (χ1) is 5.22. The third kappa shape index (κ3) is 2.11. The Morgan fingerprint density at radius 2 is 2.55 bits per heavy atom. The van der Waals surface area contributed by atoms with Gasteiger partial charge in [0, 0.05) is 26.1 Å². The molecule has 1 atom stereocenters. The number of carbonyl (C=O) groups excluding carboxylic acids is 1. The van der Waals surface area contributed by atoms with Crippen molar-refractivity contribution < 1.29 is 4.79 Å². The van der Waals surface area contributed by atoms with Gasteiger partial charge in [-0.2, -0.15) is 5.26 Å². The maximum atomic E-state index is 10.6. The number of nitriles is 1. The minimum Gasteiger partial charge on any atom is -0.352 e. The molecule has 11 heavy (non-hydrogen) atoms. The summed E-state index contributed by atoms with van der Waals surface area (Å²) in [7, 11) is 0. The van der Waals surface area contributed by atoms with Gasteiger partial charge in [0.05, 0.1) is 0 Å². The number of hydrogen-bond donors (Lipinski definition) is 1. The SMILES string of the molecule is CC(=O)NC1CCN(C#N)C1. The highest BCUT2D eigenvalue weighted by atomic mass is 16.1. The Morgan fingerprint density at radius 3 is 3.00 bits per heavy atom. The molecule has 1 N–H and O–H groups in total. The largest absolute Gasteiger partial charge is 0.352 e. The van der Waals surface area contributed by atoms with Crippen LogP contribution in [0, 0.1) is 11.5 Å². The van der Waals surface area contributed by atoms with Crippen LogP contribution >= 0.6 is 0 Å². The van der Waals surface area contributed by atoms with E-state index in [4.69, 9.17) is 5.26 Å². The summed E-state index contributed by atoms with van der Waals surface area (Å²) in [5, 5.41) is 11.3. The molecule has 0 aromatic rings. The molecule has 0 aliphatic carbocycles. The van der Waals surface area contributed by atoms with Crippen molar-refractivity contribution in [3.05, 3.63) is 0 Å². The van der Waals surface area contributed by atoms with E-state index in [9.17, 15) is 4.79 Å². The standard InChI is InChI=1S/C7H11N3O/c1-6(11)9-7-2-3-10(4-7)5-8/h7H,2-4H2,1H3,(H,9,11). The molecule has 1 saturated heterocycles. The molecule has 0 aromatic carbocycles. The predicted molar refractivity (Wildman–Crippen MR) is 39.4 cm³/mol. The van der Waals surface area contributed by atoms with Crippen LogP contribution in [0.25, 0.3) is 0 Å². The summed E-state index contributed by atoms with van der Waals surface area (Å²) < 4.78 is 0. The van der Waals surface area contributed by atoms with E-state index in [0.717, 1.165) is 13.0 Å². The monoisotopic (exact) mass is 153 g/mol. The molecular weight excluding hydrogens is 142 g/mol. The maximum absolute atomic E-state index is 10.6. The first-order valence-corrected chi connectivity index (χ1v) is 3.64. The molecule has 0 radical (unpaired) electrons. The summed E-state index contributed by atoms with van der Waals surface area (Å²) in [5.74, 6) is -0.0187. The molecule has 4 nitrogen and oxygen atoms in total. The maximum Gasteiger partial charge on any atom is 0.217 e. The zero-order valence-corrected chi connectivity index (χ0v) is 6.50. The van der Waals surface area contributed by atoms with Crippen LogP contribution in [0.15, 0.2) is 0 Å². The minimum atomic E-state index is -0.0187. The molecule has 4 heteroatoms. The second-order valence-electron chi connectivity index (χ2n) is 2.73. The third-order valence-corrected chi connectivity index (χ3v) is 1.74. The van der Waals surface area contributed by atoms with E-state index in [2.05, 4.69) is 5.32 Å². The van der Waals surface area contributed by atoms with E-state index >= 15 is 0 Å². The smallest absolute Gasteiger partial charge is 0.217 e. The Kier molecular flexibility index (Phi) is 2.32. The normalized spacial score (nSPS) is 22.9. The summed E-state index contributed by atoms with van der Waals surface area (Å²) in [6.07, 6.45) is 2.93. The molecule has 1 rings (SSSR count). The lowest BCUT2D eigenvalue weighted by Crippen LogP contribution is -2.34. The topological polar surface area (TPSA) is 56.1 Å². The fourth-order valence-electron chi connectivity index (χ4n) is 1.26. The lowest BCUT2D eigenvalue weighted by molar-refractivity contribution is -0.119. The van der Waals surface area contributed by atoms with Crippen LogP contribution in [-0.2, 0) is 4.79 Å². The van der Waals surface area contributed by atoms with Gasteiger partial charge in [-0.05, 0) is 6.42 Å². The van der Waals surface area contributed by atoms with Crippen molar-refractivity contribution in [2.45, 2.75) is 19.4 Å². The van der Waals surface area contributed by atoms with Crippen molar-refractivity contribution in [2.24, 2.45) is 0 Å². The van der Waals surface area contributed by atoms with Crippen molar-refractivity contribution in [3.8, 4) is 6.19 Å². The van der Waals surface area contributed by atoms with Crippen LogP contribution in [-0.4, -0.2) is 29.9 Å². The molecule has 1 amide bonds. The Hall–Kier alpha value is -1.24. The van der Waals surface area contributed by atoms with E-state index in [1.807, 2.05) is 6.19 Å². The van der Waals surface area contributed by atoms with Crippen LogP contribution < -0.4 is 5.32 Å². The van der Waals surface area contributed by atoms with Crippen molar-refractivity contribution >= 4 is 5.91 Å². The molecule has 0 spiro atoms. The molecule has 1 aliphatic heterocycles. The van der Waals surface area contributed by atoms with Crippen molar-refractivity contribution in [2.75, 3.05) is 13.1 Å². The van der Waals surface area contributed by atoms with Gasteiger partial charge in [0.1, 0.15) is 0 Å². The Bertz CT molecular complexity index is 196. The van der Waals surface area contributed by atoms with Crippen LogP contribution in [0.2, 0.25) is 0 Å². The van der Waals surface area contributed by atoms with E-state index < -0.39 is 0 Å². The molecule has 0 aromatic heterocycles. The highest BCUT2D eigenvalue weighted by Crippen LogP contribution is 2.06. The number of nitrogens with one attached hydrogen (secondary N) is 1. The highest BCUT2D eigenvalue weighted by molar-refractivity contribution is 5.73. The lowest BCUT2D eigenvalue weighted by Gasteiger charge is -2.09. The second kappa shape index (κ2) is 3.24. The first kappa shape index (κ1) is 7.86. The zero-order chi connectivity index (χ0) is 8.27. The van der Waals surface area contributed by atoms with Gasteiger partial charge in [-0.3, -0.25) is 4.79 Å². The summed E-state index contributed by atoms with van der Waals surface area (Å²) >= 11 is 0. The predicted octanol–water partition coefficient (Wildman–Crippen LogP) is -0.322. The fourth-order valence-corrected chi connectivity index (χ4v) is 1.26. The summed E-state index contributed by atoms with van der Waals surface area (Å²) in [6, 6.07) is 0.173. The quantitative estimate of drug-likeness (QED) is 0.525. The van der Waals surface area contributed by atoms with Crippen LogP contribution in [0.5, 0.6) is 0 Å². The number of rotatable bonds is 1. The van der Waals surface area contributed by atoms with Gasteiger partial charge >= 0.3 is 0 Å². The molecule has 1 heterocycles. The highest BCUT2D eigenvalue weighted by Gasteiger charge is 2.21. The number of likely N-dealkylation sites (tertiary alicyclic amines) is 1. The Labute approximate surface area is 65.8 Å². The third-order valence-electron chi connectivity index (χ3n) is 1.74. The van der Waals surface area contributed by atoms with E-state index in [0.29, 0.717) is 6.54 Å². The van der Waals surface area contributed by atoms with Crippen LogP contribution in [0.1, 0.15) is 13.3 Å². The average molecular weight is 153 g/mol. The Balaban J connectivity index is 2.31. The first-order valence-electron chi connectivity index (χ1n) is 3.64. The molecule has 60 valence electrons. The Morgan fingerprint density at radius 1 is 1.82 bits per heavy atom. The number of carbonyl (C=O) groups is 1. The number of nitrogens with zero attached hydrogens (tertiary/aromatic N) is 2. The van der Waals surface area contributed by atoms with Gasteiger partial charge in [-0.25, -0.2) is 0 Å². The lowest BCUT2D eigenvalue weighted by atomic mass is 10.3. The molecule has 0 saturated carbocycles. The summed E-state index contributed by atoms with van der Waals surface area (Å²) in [5.41, 5.74) is 0. The molecule has 1 unspecified atom stereocenters. The van der Waals surface area contributed by atoms with Gasteiger partial charge in [0.25, 0.3) is 0 Å². The van der Waals surface area contributed by atoms with Crippen molar-refractivity contribution in [1.82, 2.24) is 10.2 Å². The van der Waals surface area contributed by atoms with Gasteiger partial charge < -0.3 is 10.2 Å². The number of hydrogen-bond acceptors (Lipinski definition) is 3. The van der Waals surface area contributed by atoms with Crippen molar-refractivity contribution in [1.29, 1.82) is 5.26 Å². The molecule has 1 aliphatic rings. The van der Waals surface area contributed by atoms with E-state index in [1.165, 1.54) is 6.92 Å². The second-order valence-corrected chi connectivity index (χ2v) is 2.73. The van der Waals surface area contributed by atoms with Gasteiger partial charge in [-0.1, -0.05) is 0 Å². The summed E-state index contributed by atoms with van der Waals surface area (Å²) in [6.45, 7) is 2.92. The van der Waals surface area contributed by atoms with Crippen LogP contribution in [0.3, 0.4) is 0 Å². The van der Waals surface area contributed by atoms with Gasteiger partial charge in [0.2, 0.25) is 5.91 Å². The summed E-state index contributed by atoms with van der Waals surface area (Å²) in [4.78, 5) is 12.2. The minimum absolute atomic E-state index is 0.0187. The average Bonchev–Trinajstić information content (AvgIpc) is 2.34. The van der Waals surface area contributed by atoms with Gasteiger partial charge in [0.15, 0.2) is 6.19 Å². The molecule has 0 bridgehead atoms. The number of amides is 1. The van der Waals surface area contributed by atoms with Crippen LogP contribution in [0.4, 0.5) is 0 Å². The van der Waals surface area contributed by atoms with E-state index in [-0.39, 0.29) is 11.9 Å². The zero-order valence-electron chi connectivity index (χ0n) is 6.50. The van der Waals surface area contributed by atoms with Crippen molar-refractivity contribution in [3.63, 3.8) is 0 Å². The molecule has 1 fully saturated rings. The van der Waals surface area contributed by atoms with E-state index in [1.54, 1.807) is 4.90 Å².